The van der Waals surface area contributed by atoms with E-state index in [0.717, 1.165) is 18.0 Å². The topological polar surface area (TPSA) is 39.7 Å². The molecule has 1 aromatic carbocycles. The van der Waals surface area contributed by atoms with Gasteiger partial charge in [0.05, 0.1) is 21.3 Å². The Labute approximate surface area is 90.1 Å². The molecule has 0 unspecified atom stereocenters. The molecule has 0 radical (unpaired) electrons. The molecule has 4 nitrogen and oxygen atoms in total. The molecule has 1 aromatic rings. The molecule has 0 fully saturated rings. The highest BCUT2D eigenvalue weighted by Gasteiger charge is 2.14. The van der Waals surface area contributed by atoms with Crippen molar-refractivity contribution >= 4 is 5.69 Å². The van der Waals surface area contributed by atoms with Crippen molar-refractivity contribution in [1.82, 2.24) is 0 Å². The van der Waals surface area contributed by atoms with E-state index in [1.54, 1.807) is 21.3 Å². The largest absolute Gasteiger partial charge is 0.494 e. The van der Waals surface area contributed by atoms with Crippen LogP contribution >= 0.6 is 0 Å². The van der Waals surface area contributed by atoms with Crippen molar-refractivity contribution in [3.63, 3.8) is 0 Å². The van der Waals surface area contributed by atoms with Crippen LogP contribution in [0, 0.1) is 0 Å². The molecule has 0 aliphatic carbocycles. The Hall–Kier alpha value is -1.58. The van der Waals surface area contributed by atoms with Gasteiger partial charge in [0.2, 0.25) is 0 Å². The minimum absolute atomic E-state index is 0.665. The van der Waals surface area contributed by atoms with Crippen molar-refractivity contribution in [2.24, 2.45) is 0 Å². The molecule has 0 atom stereocenters. The fourth-order valence-corrected chi connectivity index (χ4v) is 1.42. The van der Waals surface area contributed by atoms with Gasteiger partial charge in [-0.25, -0.2) is 0 Å². The van der Waals surface area contributed by atoms with Gasteiger partial charge in [0.1, 0.15) is 11.4 Å². The third-order valence-electron chi connectivity index (χ3n) is 2.08. The molecule has 84 valence electrons. The predicted octanol–water partition coefficient (Wildman–Crippen LogP) is 2.14. The lowest BCUT2D eigenvalue weighted by Crippen LogP contribution is -2.03. The van der Waals surface area contributed by atoms with Gasteiger partial charge < -0.3 is 19.5 Å². The van der Waals surface area contributed by atoms with Gasteiger partial charge in [0.15, 0.2) is 11.5 Å². The zero-order valence-electron chi connectivity index (χ0n) is 9.59. The fraction of sp³-hybridized carbons (Fsp3) is 0.455. The molecule has 15 heavy (non-hydrogen) atoms. The second kappa shape index (κ2) is 5.34. The van der Waals surface area contributed by atoms with Crippen molar-refractivity contribution < 1.29 is 14.2 Å². The van der Waals surface area contributed by atoms with Crippen molar-refractivity contribution in [2.45, 2.75) is 6.92 Å². The first-order chi connectivity index (χ1) is 7.28. The Morgan fingerprint density at radius 3 is 2.07 bits per heavy atom. The highest BCUT2D eigenvalue weighted by atomic mass is 16.5. The average molecular weight is 211 g/mol. The summed E-state index contributed by atoms with van der Waals surface area (Å²) in [5, 5.41) is 3.19. The van der Waals surface area contributed by atoms with Gasteiger partial charge in [0, 0.05) is 6.54 Å². The zero-order chi connectivity index (χ0) is 11.3. The normalized spacial score (nSPS) is 9.60. The summed E-state index contributed by atoms with van der Waals surface area (Å²) in [4.78, 5) is 0. The molecule has 0 saturated heterocycles. The van der Waals surface area contributed by atoms with Crippen LogP contribution in [0.5, 0.6) is 17.2 Å². The molecule has 1 rings (SSSR count). The minimum atomic E-state index is 0.665. The summed E-state index contributed by atoms with van der Waals surface area (Å²) in [7, 11) is 4.85. The zero-order valence-corrected chi connectivity index (χ0v) is 9.59. The van der Waals surface area contributed by atoms with Crippen LogP contribution < -0.4 is 19.5 Å². The van der Waals surface area contributed by atoms with Gasteiger partial charge in [-0.15, -0.1) is 0 Å². The van der Waals surface area contributed by atoms with Crippen LogP contribution in [0.15, 0.2) is 12.1 Å². The van der Waals surface area contributed by atoms with E-state index in [1.165, 1.54) is 0 Å². The molecule has 0 spiro atoms. The van der Waals surface area contributed by atoms with Gasteiger partial charge in [-0.3, -0.25) is 0 Å². The van der Waals surface area contributed by atoms with E-state index < -0.39 is 0 Å². The molecule has 0 aliphatic heterocycles. The molecule has 0 bridgehead atoms. The second-order valence-electron chi connectivity index (χ2n) is 2.91. The van der Waals surface area contributed by atoms with Crippen LogP contribution in [0.25, 0.3) is 0 Å². The first kappa shape index (κ1) is 11.5. The molecule has 1 N–H and O–H groups in total. The summed E-state index contributed by atoms with van der Waals surface area (Å²) in [5.41, 5.74) is 0.821. The molecule has 0 amide bonds. The minimum Gasteiger partial charge on any atom is -0.494 e. The van der Waals surface area contributed by atoms with E-state index in [2.05, 4.69) is 5.32 Å². The maximum absolute atomic E-state index is 5.29. The lowest BCUT2D eigenvalue weighted by atomic mass is 10.2. The molecular formula is C11H17NO3. The van der Waals surface area contributed by atoms with Crippen molar-refractivity contribution in [2.75, 3.05) is 33.2 Å². The lowest BCUT2D eigenvalue weighted by molar-refractivity contribution is 0.351. The molecule has 0 aromatic heterocycles. The fourth-order valence-electron chi connectivity index (χ4n) is 1.42. The van der Waals surface area contributed by atoms with Gasteiger partial charge in [-0.2, -0.15) is 0 Å². The highest BCUT2D eigenvalue weighted by Crippen LogP contribution is 2.41. The maximum atomic E-state index is 5.29. The van der Waals surface area contributed by atoms with Crippen LogP contribution in [-0.4, -0.2) is 27.9 Å². The number of ether oxygens (including phenoxy) is 3. The number of methoxy groups -OCH3 is 3. The average Bonchev–Trinajstić information content (AvgIpc) is 2.28. The predicted molar refractivity (Wildman–Crippen MR) is 60.3 cm³/mol. The molecule has 0 heterocycles. The summed E-state index contributed by atoms with van der Waals surface area (Å²) >= 11 is 0. The number of anilines is 1. The Kier molecular flexibility index (Phi) is 4.09. The van der Waals surface area contributed by atoms with E-state index in [1.807, 2.05) is 19.1 Å². The van der Waals surface area contributed by atoms with Gasteiger partial charge in [0.25, 0.3) is 0 Å². The number of hydrogen-bond acceptors (Lipinski definition) is 4. The highest BCUT2D eigenvalue weighted by molar-refractivity contribution is 5.71. The summed E-state index contributed by atoms with van der Waals surface area (Å²) in [6.07, 6.45) is 0. The Balaban J connectivity index is 3.24. The lowest BCUT2D eigenvalue weighted by Gasteiger charge is -2.16. The summed E-state index contributed by atoms with van der Waals surface area (Å²) in [5.74, 6) is 2.10. The summed E-state index contributed by atoms with van der Waals surface area (Å²) in [6, 6.07) is 3.66. The summed E-state index contributed by atoms with van der Waals surface area (Å²) in [6.45, 7) is 2.80. The van der Waals surface area contributed by atoms with Crippen LogP contribution in [0.3, 0.4) is 0 Å². The SMILES string of the molecule is CCNc1c(OC)ccc(OC)c1OC. The van der Waals surface area contributed by atoms with Crippen molar-refractivity contribution in [1.29, 1.82) is 0 Å². The van der Waals surface area contributed by atoms with Crippen molar-refractivity contribution in [3.8, 4) is 17.2 Å². The third kappa shape index (κ3) is 2.26. The molecule has 0 aliphatic rings. The number of hydrogen-bond donors (Lipinski definition) is 1. The Morgan fingerprint density at radius 1 is 1.00 bits per heavy atom. The van der Waals surface area contributed by atoms with Crippen molar-refractivity contribution in [3.05, 3.63) is 12.1 Å². The first-order valence-electron chi connectivity index (χ1n) is 4.81. The standard InChI is InChI=1S/C11H17NO3/c1-5-12-10-8(13-2)6-7-9(14-3)11(10)15-4/h6-7,12H,5H2,1-4H3. The quantitative estimate of drug-likeness (QED) is 0.810. The van der Waals surface area contributed by atoms with Gasteiger partial charge >= 0.3 is 0 Å². The molecule has 4 heteroatoms. The van der Waals surface area contributed by atoms with Crippen LogP contribution in [0.4, 0.5) is 5.69 Å². The van der Waals surface area contributed by atoms with Crippen LogP contribution in [-0.2, 0) is 0 Å². The maximum Gasteiger partial charge on any atom is 0.187 e. The number of nitrogens with one attached hydrogen (secondary N) is 1. The van der Waals surface area contributed by atoms with Crippen LogP contribution in [0.2, 0.25) is 0 Å². The van der Waals surface area contributed by atoms with E-state index in [4.69, 9.17) is 14.2 Å². The summed E-state index contributed by atoms with van der Waals surface area (Å²) < 4.78 is 15.7. The third-order valence-corrected chi connectivity index (χ3v) is 2.08. The van der Waals surface area contributed by atoms with E-state index >= 15 is 0 Å². The Bertz CT molecular complexity index is 326. The van der Waals surface area contributed by atoms with Gasteiger partial charge in [-0.1, -0.05) is 0 Å². The molecular weight excluding hydrogens is 194 g/mol. The number of benzene rings is 1. The monoisotopic (exact) mass is 211 g/mol. The smallest absolute Gasteiger partial charge is 0.187 e. The van der Waals surface area contributed by atoms with Crippen LogP contribution in [0.1, 0.15) is 6.92 Å². The van der Waals surface area contributed by atoms with E-state index in [9.17, 15) is 0 Å². The van der Waals surface area contributed by atoms with E-state index in [0.29, 0.717) is 11.5 Å². The number of rotatable bonds is 5. The Morgan fingerprint density at radius 2 is 1.60 bits per heavy atom. The van der Waals surface area contributed by atoms with E-state index in [-0.39, 0.29) is 0 Å². The molecule has 0 saturated carbocycles. The van der Waals surface area contributed by atoms with Gasteiger partial charge in [-0.05, 0) is 19.1 Å². The first-order valence-corrected chi connectivity index (χ1v) is 4.81. The second-order valence-corrected chi connectivity index (χ2v) is 2.91.